The van der Waals surface area contributed by atoms with Crippen LogP contribution in [0.5, 0.6) is 11.5 Å². The molecule has 0 saturated heterocycles. The van der Waals surface area contributed by atoms with Gasteiger partial charge < -0.3 is 9.47 Å². The Morgan fingerprint density at radius 1 is 1.10 bits per heavy atom. The summed E-state index contributed by atoms with van der Waals surface area (Å²) in [5, 5.41) is 4.09. The lowest BCUT2D eigenvalue weighted by Gasteiger charge is -2.11. The highest BCUT2D eigenvalue weighted by atomic mass is 35.5. The molecule has 0 saturated carbocycles. The number of hydrogen-bond donors (Lipinski definition) is 3. The number of thiocarbonyl (C=S) groups is 1. The molecule has 3 N–H and O–H groups in total. The van der Waals surface area contributed by atoms with Crippen molar-refractivity contribution >= 4 is 85.4 Å². The fraction of sp³-hybridized carbons (Fsp3) is 0.105. The lowest BCUT2D eigenvalue weighted by Crippen LogP contribution is -2.49. The summed E-state index contributed by atoms with van der Waals surface area (Å²) in [6.07, 6.45) is 0. The molecular formula is C19H14Cl3N3O4S2. The Hall–Kier alpha value is -2.30. The predicted molar refractivity (Wildman–Crippen MR) is 127 cm³/mol. The molecule has 162 valence electrons. The molecule has 0 radical (unpaired) electrons. The zero-order valence-electron chi connectivity index (χ0n) is 15.8. The Morgan fingerprint density at radius 2 is 1.87 bits per heavy atom. The van der Waals surface area contributed by atoms with Crippen molar-refractivity contribution in [3.8, 4) is 11.5 Å². The summed E-state index contributed by atoms with van der Waals surface area (Å²) in [5.74, 6) is -0.108. The number of thiophene rings is 1. The molecule has 3 rings (SSSR count). The van der Waals surface area contributed by atoms with Crippen molar-refractivity contribution in [1.29, 1.82) is 0 Å². The molecule has 0 unspecified atom stereocenters. The quantitative estimate of drug-likeness (QED) is 0.338. The average Bonchev–Trinajstić information content (AvgIpc) is 3.07. The maximum Gasteiger partial charge on any atom is 0.276 e. The van der Waals surface area contributed by atoms with E-state index in [1.54, 1.807) is 37.4 Å². The zero-order valence-corrected chi connectivity index (χ0v) is 19.7. The second-order valence-electron chi connectivity index (χ2n) is 5.93. The standard InChI is InChI=1S/C19H14Cl3N3O4S2/c1-28-10-3-4-11-14(7-10)31-17(16(11)22)18(27)23-19(30)25-24-15(26)8-29-13-5-2-9(20)6-12(13)21/h2-7H,8H2,1H3,(H,24,26)(H2,23,25,27,30). The summed E-state index contributed by atoms with van der Waals surface area (Å²) in [5.41, 5.74) is 4.73. The van der Waals surface area contributed by atoms with Crippen LogP contribution in [0.15, 0.2) is 36.4 Å². The number of amides is 2. The van der Waals surface area contributed by atoms with E-state index in [-0.39, 0.29) is 21.6 Å². The molecule has 0 aliphatic carbocycles. The lowest BCUT2D eigenvalue weighted by atomic mass is 10.2. The first-order valence-corrected chi connectivity index (χ1v) is 10.9. The van der Waals surface area contributed by atoms with Crippen LogP contribution in [0.25, 0.3) is 10.1 Å². The topological polar surface area (TPSA) is 88.7 Å². The van der Waals surface area contributed by atoms with Gasteiger partial charge in [0.2, 0.25) is 0 Å². The van der Waals surface area contributed by atoms with Gasteiger partial charge in [0, 0.05) is 15.1 Å². The van der Waals surface area contributed by atoms with E-state index in [0.717, 1.165) is 10.1 Å². The van der Waals surface area contributed by atoms with E-state index in [2.05, 4.69) is 16.2 Å². The third kappa shape index (κ3) is 5.90. The normalized spacial score (nSPS) is 10.5. The fourth-order valence-electron chi connectivity index (χ4n) is 2.41. The average molecular weight is 519 g/mol. The maximum absolute atomic E-state index is 12.5. The van der Waals surface area contributed by atoms with E-state index >= 15 is 0 Å². The highest BCUT2D eigenvalue weighted by molar-refractivity contribution is 7.80. The third-order valence-electron chi connectivity index (χ3n) is 3.84. The number of hydrogen-bond acceptors (Lipinski definition) is 6. The molecular weight excluding hydrogens is 505 g/mol. The monoisotopic (exact) mass is 517 g/mol. The van der Waals surface area contributed by atoms with E-state index < -0.39 is 11.8 Å². The number of carbonyl (C=O) groups is 2. The molecule has 0 aliphatic rings. The Morgan fingerprint density at radius 3 is 2.58 bits per heavy atom. The van der Waals surface area contributed by atoms with Crippen LogP contribution >= 0.6 is 58.4 Å². The first kappa shape index (κ1) is 23.4. The molecule has 0 atom stereocenters. The number of nitrogens with one attached hydrogen (secondary N) is 3. The van der Waals surface area contributed by atoms with Gasteiger partial charge in [-0.1, -0.05) is 34.8 Å². The zero-order chi connectivity index (χ0) is 22.5. The number of hydrazine groups is 1. The van der Waals surface area contributed by atoms with Crippen LogP contribution in [0, 0.1) is 0 Å². The minimum Gasteiger partial charge on any atom is -0.497 e. The van der Waals surface area contributed by atoms with Gasteiger partial charge in [0.15, 0.2) is 11.7 Å². The summed E-state index contributed by atoms with van der Waals surface area (Å²) in [6.45, 7) is -0.338. The van der Waals surface area contributed by atoms with Gasteiger partial charge in [0.05, 0.1) is 17.2 Å². The molecule has 0 spiro atoms. The maximum atomic E-state index is 12.5. The summed E-state index contributed by atoms with van der Waals surface area (Å²) >= 11 is 24.3. The van der Waals surface area contributed by atoms with Gasteiger partial charge in [-0.05, 0) is 48.6 Å². The van der Waals surface area contributed by atoms with Gasteiger partial charge in [0.25, 0.3) is 11.8 Å². The van der Waals surface area contributed by atoms with Crippen LogP contribution in [0.1, 0.15) is 9.67 Å². The second-order valence-corrected chi connectivity index (χ2v) is 8.61. The molecule has 0 bridgehead atoms. The molecule has 12 heteroatoms. The van der Waals surface area contributed by atoms with Crippen molar-refractivity contribution < 1.29 is 19.1 Å². The molecule has 2 aromatic carbocycles. The number of fused-ring (bicyclic) bond motifs is 1. The van der Waals surface area contributed by atoms with Crippen molar-refractivity contribution in [2.75, 3.05) is 13.7 Å². The molecule has 0 aliphatic heterocycles. The van der Waals surface area contributed by atoms with Crippen LogP contribution in [-0.4, -0.2) is 30.6 Å². The third-order valence-corrected chi connectivity index (χ3v) is 6.23. The van der Waals surface area contributed by atoms with Crippen LogP contribution in [0.4, 0.5) is 0 Å². The van der Waals surface area contributed by atoms with Crippen molar-refractivity contribution in [3.05, 3.63) is 56.3 Å². The molecule has 3 aromatic rings. The van der Waals surface area contributed by atoms with Crippen LogP contribution < -0.4 is 25.6 Å². The predicted octanol–water partition coefficient (Wildman–Crippen LogP) is 4.58. The first-order valence-electron chi connectivity index (χ1n) is 8.52. The Balaban J connectivity index is 1.52. The molecule has 7 nitrogen and oxygen atoms in total. The Kier molecular flexibility index (Phi) is 7.79. The molecule has 2 amide bonds. The SMILES string of the molecule is COc1ccc2c(Cl)c(C(=O)NC(=S)NNC(=O)COc3ccc(Cl)cc3Cl)sc2c1. The van der Waals surface area contributed by atoms with E-state index in [1.165, 1.54) is 17.4 Å². The molecule has 31 heavy (non-hydrogen) atoms. The molecule has 1 aromatic heterocycles. The summed E-state index contributed by atoms with van der Waals surface area (Å²) < 4.78 is 11.3. The van der Waals surface area contributed by atoms with E-state index in [9.17, 15) is 9.59 Å². The van der Waals surface area contributed by atoms with E-state index in [4.69, 9.17) is 56.5 Å². The van der Waals surface area contributed by atoms with Crippen molar-refractivity contribution in [2.24, 2.45) is 0 Å². The minimum atomic E-state index is -0.547. The molecule has 0 fully saturated rings. The highest BCUT2D eigenvalue weighted by Gasteiger charge is 2.18. The Labute approximate surface area is 201 Å². The summed E-state index contributed by atoms with van der Waals surface area (Å²) in [6, 6.07) is 9.93. The van der Waals surface area contributed by atoms with Gasteiger partial charge in [-0.25, -0.2) is 0 Å². The number of methoxy groups -OCH3 is 1. The lowest BCUT2D eigenvalue weighted by molar-refractivity contribution is -0.123. The minimum absolute atomic E-state index is 0.117. The fourth-order valence-corrected chi connectivity index (χ4v) is 4.46. The van der Waals surface area contributed by atoms with Gasteiger partial charge in [0.1, 0.15) is 16.4 Å². The molecule has 1 heterocycles. The van der Waals surface area contributed by atoms with Gasteiger partial charge in [-0.3, -0.25) is 25.8 Å². The highest BCUT2D eigenvalue weighted by Crippen LogP contribution is 2.37. The summed E-state index contributed by atoms with van der Waals surface area (Å²) in [4.78, 5) is 24.7. The van der Waals surface area contributed by atoms with Crippen molar-refractivity contribution in [2.45, 2.75) is 0 Å². The number of rotatable bonds is 5. The number of benzene rings is 2. The van der Waals surface area contributed by atoms with Crippen molar-refractivity contribution in [1.82, 2.24) is 16.2 Å². The van der Waals surface area contributed by atoms with Crippen LogP contribution in [0.2, 0.25) is 15.1 Å². The number of ether oxygens (including phenoxy) is 2. The van der Waals surface area contributed by atoms with Crippen molar-refractivity contribution in [3.63, 3.8) is 0 Å². The summed E-state index contributed by atoms with van der Waals surface area (Å²) in [7, 11) is 1.55. The smallest absolute Gasteiger partial charge is 0.276 e. The van der Waals surface area contributed by atoms with Gasteiger partial charge >= 0.3 is 0 Å². The van der Waals surface area contributed by atoms with E-state index in [0.29, 0.717) is 21.5 Å². The van der Waals surface area contributed by atoms with Gasteiger partial charge in [-0.15, -0.1) is 11.3 Å². The first-order chi connectivity index (χ1) is 14.8. The van der Waals surface area contributed by atoms with Crippen LogP contribution in [0.3, 0.4) is 0 Å². The second kappa shape index (κ2) is 10.3. The van der Waals surface area contributed by atoms with Crippen LogP contribution in [-0.2, 0) is 4.79 Å². The number of carbonyl (C=O) groups excluding carboxylic acids is 2. The van der Waals surface area contributed by atoms with Gasteiger partial charge in [-0.2, -0.15) is 0 Å². The largest absolute Gasteiger partial charge is 0.497 e. The number of halogens is 3. The van der Waals surface area contributed by atoms with E-state index in [1.807, 2.05) is 0 Å². The Bertz CT molecular complexity index is 1170.